The molecular weight excluding hydrogens is 290 g/mol. The minimum Gasteiger partial charge on any atom is -0.444 e. The maximum Gasteiger partial charge on any atom is 0.410 e. The maximum atomic E-state index is 12.3. The Morgan fingerprint density at radius 2 is 2.09 bits per heavy atom. The highest BCUT2D eigenvalue weighted by molar-refractivity contribution is 5.68. The lowest BCUT2D eigenvalue weighted by atomic mass is 10.1. The van der Waals surface area contributed by atoms with Crippen molar-refractivity contribution in [3.63, 3.8) is 0 Å². The molecule has 128 valence electrons. The van der Waals surface area contributed by atoms with Gasteiger partial charge in [0.05, 0.1) is 0 Å². The molecule has 1 saturated heterocycles. The van der Waals surface area contributed by atoms with Crippen LogP contribution in [0.25, 0.3) is 0 Å². The predicted molar refractivity (Wildman–Crippen MR) is 93.1 cm³/mol. The summed E-state index contributed by atoms with van der Waals surface area (Å²) in [5.74, 6) is 0. The summed E-state index contributed by atoms with van der Waals surface area (Å²) < 4.78 is 5.50. The van der Waals surface area contributed by atoms with Gasteiger partial charge in [-0.15, -0.1) is 0 Å². The number of carbonyl (C=O) groups excluding carboxylic acids is 1. The van der Waals surface area contributed by atoms with Crippen LogP contribution < -0.4 is 11.1 Å². The third-order valence-electron chi connectivity index (χ3n) is 3.96. The van der Waals surface area contributed by atoms with Crippen LogP contribution in [0.4, 0.5) is 10.5 Å². The first-order valence-corrected chi connectivity index (χ1v) is 8.40. The van der Waals surface area contributed by atoms with Gasteiger partial charge in [-0.3, -0.25) is 0 Å². The van der Waals surface area contributed by atoms with Crippen molar-refractivity contribution in [3.05, 3.63) is 29.8 Å². The number of benzene rings is 1. The van der Waals surface area contributed by atoms with E-state index in [2.05, 4.69) is 5.32 Å². The molecule has 5 nitrogen and oxygen atoms in total. The Bertz CT molecular complexity index is 525. The van der Waals surface area contributed by atoms with Crippen molar-refractivity contribution >= 4 is 11.8 Å². The average molecular weight is 319 g/mol. The Hall–Kier alpha value is -1.75. The van der Waals surface area contributed by atoms with E-state index in [4.69, 9.17) is 10.5 Å². The van der Waals surface area contributed by atoms with Crippen LogP contribution in [0, 0.1) is 0 Å². The third kappa shape index (κ3) is 5.75. The van der Waals surface area contributed by atoms with Gasteiger partial charge in [0, 0.05) is 31.4 Å². The third-order valence-corrected chi connectivity index (χ3v) is 3.96. The molecule has 0 spiro atoms. The van der Waals surface area contributed by atoms with Crippen LogP contribution in [0.5, 0.6) is 0 Å². The molecule has 1 aliphatic rings. The van der Waals surface area contributed by atoms with Crippen molar-refractivity contribution in [2.75, 3.05) is 18.8 Å². The SMILES string of the molecule is CC(C)(C)OC(=O)N1CCCCC(NCc2ccccc2N)C1. The summed E-state index contributed by atoms with van der Waals surface area (Å²) in [4.78, 5) is 14.1. The van der Waals surface area contributed by atoms with Crippen LogP contribution in [0.2, 0.25) is 0 Å². The number of amides is 1. The molecule has 1 atom stereocenters. The Morgan fingerprint density at radius 1 is 1.35 bits per heavy atom. The summed E-state index contributed by atoms with van der Waals surface area (Å²) in [6.45, 7) is 7.87. The molecule has 1 aromatic rings. The molecule has 2 rings (SSSR count). The first-order chi connectivity index (χ1) is 10.8. The fourth-order valence-electron chi connectivity index (χ4n) is 2.75. The van der Waals surface area contributed by atoms with Crippen LogP contribution in [0.1, 0.15) is 45.6 Å². The first kappa shape index (κ1) is 17.6. The second-order valence-corrected chi connectivity index (χ2v) is 7.20. The fraction of sp³-hybridized carbons (Fsp3) is 0.611. The zero-order valence-corrected chi connectivity index (χ0v) is 14.5. The maximum absolute atomic E-state index is 12.3. The van der Waals surface area contributed by atoms with Gasteiger partial charge in [-0.1, -0.05) is 24.6 Å². The van der Waals surface area contributed by atoms with Crippen LogP contribution in [-0.2, 0) is 11.3 Å². The molecule has 0 aromatic heterocycles. The molecule has 5 heteroatoms. The minimum absolute atomic E-state index is 0.217. The lowest BCUT2D eigenvalue weighted by Crippen LogP contribution is -2.44. The number of rotatable bonds is 3. The summed E-state index contributed by atoms with van der Waals surface area (Å²) in [6.07, 6.45) is 2.98. The van der Waals surface area contributed by atoms with Gasteiger partial charge < -0.3 is 20.7 Å². The molecule has 0 bridgehead atoms. The first-order valence-electron chi connectivity index (χ1n) is 8.40. The Balaban J connectivity index is 1.92. The van der Waals surface area contributed by atoms with E-state index in [0.29, 0.717) is 6.54 Å². The number of likely N-dealkylation sites (tertiary alicyclic amines) is 1. The van der Waals surface area contributed by atoms with Crippen molar-refractivity contribution in [3.8, 4) is 0 Å². The molecule has 1 unspecified atom stereocenters. The summed E-state index contributed by atoms with van der Waals surface area (Å²) in [7, 11) is 0. The van der Waals surface area contributed by atoms with Crippen LogP contribution in [-0.4, -0.2) is 35.7 Å². The topological polar surface area (TPSA) is 67.6 Å². The number of hydrogen-bond acceptors (Lipinski definition) is 4. The van der Waals surface area contributed by atoms with Gasteiger partial charge in [0.1, 0.15) is 5.60 Å². The normalized spacial score (nSPS) is 19.3. The second-order valence-electron chi connectivity index (χ2n) is 7.20. The van der Waals surface area contributed by atoms with Gasteiger partial charge in [0.2, 0.25) is 0 Å². The van der Waals surface area contributed by atoms with Gasteiger partial charge >= 0.3 is 6.09 Å². The van der Waals surface area contributed by atoms with E-state index in [0.717, 1.165) is 43.6 Å². The molecule has 0 saturated carbocycles. The lowest BCUT2D eigenvalue weighted by Gasteiger charge is -2.28. The summed E-state index contributed by atoms with van der Waals surface area (Å²) in [5, 5.41) is 3.54. The standard InChI is InChI=1S/C18H29N3O2/c1-18(2,3)23-17(22)21-11-7-6-9-15(13-21)20-12-14-8-4-5-10-16(14)19/h4-5,8,10,15,20H,6-7,9,11-13,19H2,1-3H3. The number of para-hydroxylation sites is 1. The Morgan fingerprint density at radius 3 is 2.78 bits per heavy atom. The van der Waals surface area contributed by atoms with E-state index in [-0.39, 0.29) is 12.1 Å². The number of carbonyl (C=O) groups is 1. The van der Waals surface area contributed by atoms with Crippen molar-refractivity contribution < 1.29 is 9.53 Å². The van der Waals surface area contributed by atoms with E-state index < -0.39 is 5.60 Å². The van der Waals surface area contributed by atoms with Gasteiger partial charge in [-0.05, 0) is 45.2 Å². The average Bonchev–Trinajstić information content (AvgIpc) is 2.70. The van der Waals surface area contributed by atoms with E-state index in [1.165, 1.54) is 0 Å². The summed E-state index contributed by atoms with van der Waals surface area (Å²) >= 11 is 0. The molecule has 1 aromatic carbocycles. The molecule has 3 N–H and O–H groups in total. The number of nitrogens with one attached hydrogen (secondary N) is 1. The molecule has 1 heterocycles. The molecule has 0 radical (unpaired) electrons. The Kier molecular flexibility index (Phi) is 5.88. The number of nitrogens with zero attached hydrogens (tertiary/aromatic N) is 1. The molecule has 23 heavy (non-hydrogen) atoms. The number of nitrogens with two attached hydrogens (primary N) is 1. The quantitative estimate of drug-likeness (QED) is 0.840. The largest absolute Gasteiger partial charge is 0.444 e. The molecule has 1 fully saturated rings. The molecule has 1 aliphatic heterocycles. The highest BCUT2D eigenvalue weighted by Gasteiger charge is 2.26. The van der Waals surface area contributed by atoms with Gasteiger partial charge in [0.25, 0.3) is 0 Å². The number of anilines is 1. The molecule has 1 amide bonds. The fourth-order valence-corrected chi connectivity index (χ4v) is 2.75. The smallest absolute Gasteiger partial charge is 0.410 e. The van der Waals surface area contributed by atoms with Gasteiger partial charge in [0.15, 0.2) is 0 Å². The van der Waals surface area contributed by atoms with Crippen molar-refractivity contribution in [1.82, 2.24) is 10.2 Å². The lowest BCUT2D eigenvalue weighted by molar-refractivity contribution is 0.0243. The molecular formula is C18H29N3O2. The van der Waals surface area contributed by atoms with Crippen molar-refractivity contribution in [1.29, 1.82) is 0 Å². The second kappa shape index (κ2) is 7.68. The monoisotopic (exact) mass is 319 g/mol. The van der Waals surface area contributed by atoms with Crippen LogP contribution in [0.15, 0.2) is 24.3 Å². The van der Waals surface area contributed by atoms with E-state index in [9.17, 15) is 4.79 Å². The predicted octanol–water partition coefficient (Wildman–Crippen LogP) is 3.15. The highest BCUT2D eigenvalue weighted by atomic mass is 16.6. The van der Waals surface area contributed by atoms with Crippen LogP contribution >= 0.6 is 0 Å². The van der Waals surface area contributed by atoms with Gasteiger partial charge in [-0.2, -0.15) is 0 Å². The molecule has 0 aliphatic carbocycles. The number of nitrogen functional groups attached to an aromatic ring is 1. The van der Waals surface area contributed by atoms with E-state index in [1.807, 2.05) is 49.9 Å². The zero-order chi connectivity index (χ0) is 16.9. The summed E-state index contributed by atoms with van der Waals surface area (Å²) in [6, 6.07) is 8.15. The summed E-state index contributed by atoms with van der Waals surface area (Å²) in [5.41, 5.74) is 7.43. The van der Waals surface area contributed by atoms with E-state index >= 15 is 0 Å². The highest BCUT2D eigenvalue weighted by Crippen LogP contribution is 2.17. The van der Waals surface area contributed by atoms with Gasteiger partial charge in [-0.25, -0.2) is 4.79 Å². The Labute approximate surface area is 139 Å². The van der Waals surface area contributed by atoms with Crippen molar-refractivity contribution in [2.24, 2.45) is 0 Å². The number of hydrogen-bond donors (Lipinski definition) is 2. The van der Waals surface area contributed by atoms with Crippen molar-refractivity contribution in [2.45, 2.75) is 58.2 Å². The number of ether oxygens (including phenoxy) is 1. The zero-order valence-electron chi connectivity index (χ0n) is 14.5. The van der Waals surface area contributed by atoms with E-state index in [1.54, 1.807) is 0 Å². The minimum atomic E-state index is -0.454. The van der Waals surface area contributed by atoms with Crippen LogP contribution in [0.3, 0.4) is 0 Å².